The first kappa shape index (κ1) is 28.0. The van der Waals surface area contributed by atoms with Crippen LogP contribution in [0.5, 0.6) is 0 Å². The Morgan fingerprint density at radius 3 is 2.67 bits per heavy atom. The smallest absolute Gasteiger partial charge is 0.322 e. The van der Waals surface area contributed by atoms with Gasteiger partial charge in [0.15, 0.2) is 5.69 Å². The maximum atomic E-state index is 13.8. The number of benzene rings is 1. The fourth-order valence-electron chi connectivity index (χ4n) is 5.85. The fourth-order valence-corrected chi connectivity index (χ4v) is 6.19. The normalized spacial score (nSPS) is 22.5. The fraction of sp³-hybridized carbons (Fsp3) is 0.407. The third kappa shape index (κ3) is 5.52. The Balaban J connectivity index is 1.20. The van der Waals surface area contributed by atoms with Crippen molar-refractivity contribution in [1.29, 1.82) is 0 Å². The van der Waals surface area contributed by atoms with Crippen LogP contribution in [0.15, 0.2) is 41.0 Å². The van der Waals surface area contributed by atoms with E-state index in [4.69, 9.17) is 5.73 Å². The van der Waals surface area contributed by atoms with Gasteiger partial charge in [0.2, 0.25) is 11.8 Å². The number of carbonyl (C=O) groups excluding carboxylic acids is 4. The molecule has 12 nitrogen and oxygen atoms in total. The van der Waals surface area contributed by atoms with Crippen molar-refractivity contribution in [2.24, 2.45) is 11.7 Å². The van der Waals surface area contributed by atoms with E-state index in [0.29, 0.717) is 22.4 Å². The molecule has 6 rings (SSSR count). The van der Waals surface area contributed by atoms with Gasteiger partial charge in [-0.15, -0.1) is 0 Å². The van der Waals surface area contributed by atoms with Crippen LogP contribution in [0.3, 0.4) is 0 Å². The number of nitrogens with two attached hydrogens (primary N) is 1. The van der Waals surface area contributed by atoms with Gasteiger partial charge in [-0.1, -0.05) is 6.07 Å². The summed E-state index contributed by atoms with van der Waals surface area (Å²) in [6.45, 7) is -0.724. The molecule has 1 aromatic carbocycles. The number of likely N-dealkylation sites (tertiary alicyclic amines) is 2. The molecule has 1 saturated carbocycles. The number of pyridine rings is 1. The van der Waals surface area contributed by atoms with Crippen molar-refractivity contribution in [3.05, 3.63) is 46.7 Å². The SMILES string of the molecule is NC(=O)c1nn(CC(=O)N2[C@@H]3C[C@@H]3C[C@H]2C(=O)Nc2cccc(Br)n2)c2ccc(NC(=O)N3CCCC(F)(F)C3)cc12. The lowest BCUT2D eigenvalue weighted by Crippen LogP contribution is -2.47. The highest BCUT2D eigenvalue weighted by atomic mass is 79.9. The number of hydrogen-bond acceptors (Lipinski definition) is 6. The number of urea groups is 1. The van der Waals surface area contributed by atoms with E-state index in [1.165, 1.54) is 16.8 Å². The van der Waals surface area contributed by atoms with Crippen molar-refractivity contribution in [2.45, 2.75) is 50.2 Å². The minimum absolute atomic E-state index is 0.0508. The summed E-state index contributed by atoms with van der Waals surface area (Å²) >= 11 is 3.27. The van der Waals surface area contributed by atoms with Gasteiger partial charge in [-0.3, -0.25) is 19.1 Å². The number of carbonyl (C=O) groups is 4. The molecule has 1 aliphatic carbocycles. The zero-order valence-electron chi connectivity index (χ0n) is 22.2. The van der Waals surface area contributed by atoms with Crippen LogP contribution in [-0.4, -0.2) is 79.4 Å². The number of halogens is 3. The number of nitrogens with zero attached hydrogens (tertiary/aromatic N) is 5. The van der Waals surface area contributed by atoms with Crippen LogP contribution >= 0.6 is 15.9 Å². The van der Waals surface area contributed by atoms with Gasteiger partial charge in [-0.2, -0.15) is 5.10 Å². The molecule has 42 heavy (non-hydrogen) atoms. The zero-order chi connectivity index (χ0) is 29.8. The molecule has 4 N–H and O–H groups in total. The van der Waals surface area contributed by atoms with Gasteiger partial charge in [0, 0.05) is 30.1 Å². The summed E-state index contributed by atoms with van der Waals surface area (Å²) in [5, 5.41) is 9.93. The number of aromatic nitrogens is 3. The first-order valence-electron chi connectivity index (χ1n) is 13.5. The molecule has 0 radical (unpaired) electrons. The third-order valence-corrected chi connectivity index (χ3v) is 8.30. The summed E-state index contributed by atoms with van der Waals surface area (Å²) in [6, 6.07) is 8.28. The summed E-state index contributed by atoms with van der Waals surface area (Å²) in [5.74, 6) is -3.86. The highest BCUT2D eigenvalue weighted by Crippen LogP contribution is 2.48. The van der Waals surface area contributed by atoms with E-state index in [1.807, 2.05) is 0 Å². The van der Waals surface area contributed by atoms with Crippen molar-refractivity contribution < 1.29 is 28.0 Å². The Hall–Kier alpha value is -4.14. The van der Waals surface area contributed by atoms with Gasteiger partial charge in [0.25, 0.3) is 11.8 Å². The largest absolute Gasteiger partial charge is 0.364 e. The molecule has 2 aromatic heterocycles. The summed E-state index contributed by atoms with van der Waals surface area (Å²) in [6.07, 6.45) is 1.26. The second kappa shape index (κ2) is 10.6. The van der Waals surface area contributed by atoms with Gasteiger partial charge in [-0.05, 0) is 71.4 Å². The van der Waals surface area contributed by atoms with Crippen molar-refractivity contribution in [1.82, 2.24) is 24.6 Å². The molecule has 220 valence electrons. The lowest BCUT2D eigenvalue weighted by atomic mass is 10.1. The summed E-state index contributed by atoms with van der Waals surface area (Å²) in [5.41, 5.74) is 6.12. The number of fused-ring (bicyclic) bond motifs is 2. The van der Waals surface area contributed by atoms with E-state index >= 15 is 0 Å². The van der Waals surface area contributed by atoms with Crippen molar-refractivity contribution in [3.63, 3.8) is 0 Å². The standard InChI is InChI=1S/C27H27BrF2N8O4/c28-20-3-1-4-21(33-20)34-25(41)19-10-14-9-18(14)38(19)22(39)12-37-17-6-5-15(11-16(17)23(35-37)24(31)40)32-26(42)36-8-2-7-27(29,30)13-36/h1,3-6,11,14,18-19H,2,7-10,12-13H2,(H2,31,40)(H,32,42)(H,33,34,41)/t14-,18-,19+/m1/s1. The van der Waals surface area contributed by atoms with E-state index in [9.17, 15) is 28.0 Å². The molecule has 5 amide bonds. The quantitative estimate of drug-likeness (QED) is 0.350. The lowest BCUT2D eigenvalue weighted by Gasteiger charge is -2.32. The number of anilines is 2. The number of rotatable bonds is 6. The van der Waals surface area contributed by atoms with E-state index in [2.05, 4.69) is 36.6 Å². The Kier molecular flexibility index (Phi) is 7.07. The molecule has 2 saturated heterocycles. The monoisotopic (exact) mass is 644 g/mol. The lowest BCUT2D eigenvalue weighted by molar-refractivity contribution is -0.138. The molecule has 0 unspecified atom stereocenters. The zero-order valence-corrected chi connectivity index (χ0v) is 23.8. The molecule has 0 bridgehead atoms. The van der Waals surface area contributed by atoms with Gasteiger partial charge in [0.1, 0.15) is 23.0 Å². The highest BCUT2D eigenvalue weighted by molar-refractivity contribution is 9.10. The number of hydrogen-bond donors (Lipinski definition) is 3. The Morgan fingerprint density at radius 2 is 1.93 bits per heavy atom. The van der Waals surface area contributed by atoms with E-state index in [1.54, 1.807) is 29.2 Å². The average molecular weight is 645 g/mol. The van der Waals surface area contributed by atoms with Crippen molar-refractivity contribution >= 4 is 62.1 Å². The number of piperidine rings is 2. The molecule has 3 aromatic rings. The first-order chi connectivity index (χ1) is 20.0. The molecule has 4 heterocycles. The molecule has 3 aliphatic rings. The second-order valence-electron chi connectivity index (χ2n) is 10.9. The first-order valence-corrected chi connectivity index (χ1v) is 14.3. The predicted molar refractivity (Wildman–Crippen MR) is 151 cm³/mol. The van der Waals surface area contributed by atoms with E-state index < -0.39 is 30.4 Å². The van der Waals surface area contributed by atoms with Crippen molar-refractivity contribution in [2.75, 3.05) is 23.7 Å². The minimum Gasteiger partial charge on any atom is -0.364 e. The molecule has 3 fully saturated rings. The summed E-state index contributed by atoms with van der Waals surface area (Å²) in [7, 11) is 0. The number of primary amides is 1. The van der Waals surface area contributed by atoms with Crippen LogP contribution in [0.4, 0.5) is 25.1 Å². The maximum Gasteiger partial charge on any atom is 0.322 e. The topological polar surface area (TPSA) is 156 Å². The van der Waals surface area contributed by atoms with Crippen LogP contribution in [0.1, 0.15) is 36.2 Å². The van der Waals surface area contributed by atoms with Gasteiger partial charge < -0.3 is 26.2 Å². The minimum atomic E-state index is -2.95. The average Bonchev–Trinajstić information content (AvgIpc) is 3.43. The molecule has 3 atom stereocenters. The Bertz CT molecular complexity index is 1610. The van der Waals surface area contributed by atoms with Crippen molar-refractivity contribution in [3.8, 4) is 0 Å². The summed E-state index contributed by atoms with van der Waals surface area (Å²) in [4.78, 5) is 58.4. The molecule has 15 heteroatoms. The number of alkyl halides is 2. The Morgan fingerprint density at radius 1 is 1.12 bits per heavy atom. The van der Waals surface area contributed by atoms with Gasteiger partial charge in [-0.25, -0.2) is 18.6 Å². The Labute approximate surface area is 246 Å². The van der Waals surface area contributed by atoms with Gasteiger partial charge >= 0.3 is 6.03 Å². The van der Waals surface area contributed by atoms with Crippen LogP contribution in [0.25, 0.3) is 10.9 Å². The molecule has 2 aliphatic heterocycles. The third-order valence-electron chi connectivity index (χ3n) is 7.86. The number of nitrogens with one attached hydrogen (secondary N) is 2. The van der Waals surface area contributed by atoms with E-state index in [0.717, 1.165) is 11.3 Å². The van der Waals surface area contributed by atoms with Crippen LogP contribution in [0.2, 0.25) is 0 Å². The maximum absolute atomic E-state index is 13.8. The van der Waals surface area contributed by atoms with Crippen LogP contribution in [0, 0.1) is 5.92 Å². The molecular formula is C27H27BrF2N8O4. The molecule has 0 spiro atoms. The van der Waals surface area contributed by atoms with Crippen LogP contribution in [-0.2, 0) is 16.1 Å². The van der Waals surface area contributed by atoms with Crippen LogP contribution < -0.4 is 16.4 Å². The van der Waals surface area contributed by atoms with E-state index in [-0.39, 0.29) is 66.5 Å². The predicted octanol–water partition coefficient (Wildman–Crippen LogP) is 3.18. The number of amides is 5. The molecular weight excluding hydrogens is 618 g/mol. The highest BCUT2D eigenvalue weighted by Gasteiger charge is 2.56. The van der Waals surface area contributed by atoms with Gasteiger partial charge in [0.05, 0.1) is 12.1 Å². The second-order valence-corrected chi connectivity index (χ2v) is 11.7. The summed E-state index contributed by atoms with van der Waals surface area (Å²) < 4.78 is 29.5.